The van der Waals surface area contributed by atoms with E-state index < -0.39 is 0 Å². The minimum absolute atomic E-state index is 0.524. The van der Waals surface area contributed by atoms with Gasteiger partial charge in [-0.3, -0.25) is 0 Å². The normalized spacial score (nSPS) is 32.9. The molecule has 0 bridgehead atoms. The highest BCUT2D eigenvalue weighted by atomic mass is 33.1. The molecule has 2 aliphatic carbocycles. The summed E-state index contributed by atoms with van der Waals surface area (Å²) in [7, 11) is 3.68. The average Bonchev–Trinajstić information content (AvgIpc) is 2.48. The first-order valence-electron chi connectivity index (χ1n) is 4.99. The molecule has 3 rings (SSSR count). The Hall–Kier alpha value is -0.250. The van der Waals surface area contributed by atoms with Gasteiger partial charge in [0.15, 0.2) is 0 Å². The molecular weight excluding hydrogens is 240 g/mol. The first kappa shape index (κ1) is 9.94. The zero-order valence-electron chi connectivity index (χ0n) is 8.05. The zero-order valence-corrected chi connectivity index (χ0v) is 10.5. The fraction of sp³-hybridized carbons (Fsp3) is 0.250. The topological polar surface area (TPSA) is 0 Å². The van der Waals surface area contributed by atoms with Crippen LogP contribution in [0.5, 0.6) is 0 Å². The summed E-state index contributed by atoms with van der Waals surface area (Å²) in [5.74, 6) is 1.06. The summed E-state index contributed by atoms with van der Waals surface area (Å²) in [6.07, 6.45) is 12.1. The van der Waals surface area contributed by atoms with Gasteiger partial charge in [-0.15, -0.1) is 0 Å². The first-order chi connectivity index (χ1) is 7.38. The molecule has 2 unspecified atom stereocenters. The molecule has 0 radical (unpaired) electrons. The van der Waals surface area contributed by atoms with Crippen LogP contribution in [0.1, 0.15) is 6.42 Å². The van der Waals surface area contributed by atoms with Crippen molar-refractivity contribution in [1.29, 1.82) is 0 Å². The lowest BCUT2D eigenvalue weighted by Crippen LogP contribution is -2.13. The molecule has 0 saturated carbocycles. The smallest absolute Gasteiger partial charge is 0.0276 e. The van der Waals surface area contributed by atoms with Crippen LogP contribution in [0.25, 0.3) is 0 Å². The van der Waals surface area contributed by atoms with Crippen LogP contribution in [0.3, 0.4) is 0 Å². The van der Waals surface area contributed by atoms with E-state index in [4.69, 9.17) is 12.2 Å². The Morgan fingerprint density at radius 3 is 3.20 bits per heavy atom. The van der Waals surface area contributed by atoms with Crippen molar-refractivity contribution in [3.8, 4) is 0 Å². The number of rotatable bonds is 0. The number of fused-ring (bicyclic) bond motifs is 2. The highest BCUT2D eigenvalue weighted by Crippen LogP contribution is 2.51. The predicted molar refractivity (Wildman–Crippen MR) is 73.8 cm³/mol. The number of allylic oxidation sites excluding steroid dienone is 7. The molecule has 3 aliphatic rings. The molecule has 76 valence electrons. The fourth-order valence-corrected chi connectivity index (χ4v) is 4.95. The van der Waals surface area contributed by atoms with Crippen molar-refractivity contribution in [2.24, 2.45) is 11.8 Å². The van der Waals surface area contributed by atoms with Crippen LogP contribution in [0.2, 0.25) is 0 Å². The van der Waals surface area contributed by atoms with Gasteiger partial charge < -0.3 is 0 Å². The minimum Gasteiger partial charge on any atom is -0.0839 e. The molecule has 0 amide bonds. The lowest BCUT2D eigenvalue weighted by molar-refractivity contribution is 0.622. The van der Waals surface area contributed by atoms with E-state index in [1.54, 1.807) is 10.8 Å². The van der Waals surface area contributed by atoms with Crippen molar-refractivity contribution in [3.63, 3.8) is 0 Å². The minimum atomic E-state index is 0.524. The van der Waals surface area contributed by atoms with Crippen molar-refractivity contribution >= 4 is 38.7 Å². The number of hydrogen-bond acceptors (Lipinski definition) is 3. The molecular formula is C12H10S3. The standard InChI is InChI=1S/C12H10S3/c13-11-8-4-2-1-3-5-9(8)12-10(11)6-7-14-15-12/h1-3,5-9H,4H2. The molecule has 0 spiro atoms. The van der Waals surface area contributed by atoms with Gasteiger partial charge in [-0.2, -0.15) is 0 Å². The van der Waals surface area contributed by atoms with E-state index >= 15 is 0 Å². The van der Waals surface area contributed by atoms with Crippen LogP contribution in [0.15, 0.2) is 46.3 Å². The Morgan fingerprint density at radius 1 is 1.33 bits per heavy atom. The highest BCUT2D eigenvalue weighted by Gasteiger charge is 2.37. The molecule has 0 aromatic heterocycles. The van der Waals surface area contributed by atoms with Gasteiger partial charge >= 0.3 is 0 Å². The van der Waals surface area contributed by atoms with Crippen molar-refractivity contribution in [2.75, 3.05) is 0 Å². The van der Waals surface area contributed by atoms with E-state index in [9.17, 15) is 0 Å². The lowest BCUT2D eigenvalue weighted by atomic mass is 9.92. The maximum atomic E-state index is 5.58. The molecule has 0 fully saturated rings. The molecule has 0 N–H and O–H groups in total. The summed E-state index contributed by atoms with van der Waals surface area (Å²) in [5.41, 5.74) is 1.32. The third-order valence-corrected chi connectivity index (χ3v) is 5.69. The Labute approximate surface area is 103 Å². The summed E-state index contributed by atoms with van der Waals surface area (Å²) in [6, 6.07) is 0. The molecule has 15 heavy (non-hydrogen) atoms. The monoisotopic (exact) mass is 250 g/mol. The predicted octanol–water partition coefficient (Wildman–Crippen LogP) is 4.28. The zero-order chi connectivity index (χ0) is 10.3. The molecule has 0 saturated heterocycles. The average molecular weight is 250 g/mol. The third-order valence-electron chi connectivity index (χ3n) is 2.99. The van der Waals surface area contributed by atoms with Gasteiger partial charge in [0.25, 0.3) is 0 Å². The molecule has 0 nitrogen and oxygen atoms in total. The van der Waals surface area contributed by atoms with E-state index in [1.807, 2.05) is 10.8 Å². The van der Waals surface area contributed by atoms with Crippen molar-refractivity contribution in [3.05, 3.63) is 46.3 Å². The van der Waals surface area contributed by atoms with E-state index in [-0.39, 0.29) is 0 Å². The van der Waals surface area contributed by atoms with E-state index in [1.165, 1.54) is 10.5 Å². The van der Waals surface area contributed by atoms with Gasteiger partial charge in [-0.1, -0.05) is 58.1 Å². The summed E-state index contributed by atoms with van der Waals surface area (Å²) in [5, 5.41) is 2.14. The number of thiocarbonyl (C=S) groups is 1. The Bertz CT molecular complexity index is 426. The summed E-state index contributed by atoms with van der Waals surface area (Å²) in [6.45, 7) is 0. The van der Waals surface area contributed by atoms with E-state index in [0.29, 0.717) is 11.8 Å². The molecule has 1 aliphatic heterocycles. The van der Waals surface area contributed by atoms with Crippen LogP contribution < -0.4 is 0 Å². The summed E-state index contributed by atoms with van der Waals surface area (Å²) in [4.78, 5) is 2.63. The lowest BCUT2D eigenvalue weighted by Gasteiger charge is -2.16. The second kappa shape index (κ2) is 3.96. The van der Waals surface area contributed by atoms with E-state index in [0.717, 1.165) is 11.3 Å². The fourth-order valence-electron chi connectivity index (χ4n) is 2.25. The van der Waals surface area contributed by atoms with E-state index in [2.05, 4.69) is 35.8 Å². The molecule has 1 heterocycles. The third kappa shape index (κ3) is 1.57. The maximum absolute atomic E-state index is 5.58. The van der Waals surface area contributed by atoms with Gasteiger partial charge in [0.1, 0.15) is 0 Å². The Kier molecular flexibility index (Phi) is 2.63. The van der Waals surface area contributed by atoms with Gasteiger partial charge in [0.2, 0.25) is 0 Å². The van der Waals surface area contributed by atoms with Crippen LogP contribution >= 0.6 is 33.8 Å². The van der Waals surface area contributed by atoms with Gasteiger partial charge in [0.05, 0.1) is 0 Å². The molecule has 0 aromatic carbocycles. The molecule has 3 heteroatoms. The van der Waals surface area contributed by atoms with Crippen molar-refractivity contribution in [2.45, 2.75) is 6.42 Å². The van der Waals surface area contributed by atoms with Gasteiger partial charge in [-0.05, 0) is 17.9 Å². The van der Waals surface area contributed by atoms with Gasteiger partial charge in [-0.25, -0.2) is 0 Å². The largest absolute Gasteiger partial charge is 0.0839 e. The summed E-state index contributed by atoms with van der Waals surface area (Å²) < 4.78 is 0. The highest BCUT2D eigenvalue weighted by molar-refractivity contribution is 8.79. The second-order valence-electron chi connectivity index (χ2n) is 3.81. The van der Waals surface area contributed by atoms with Crippen molar-refractivity contribution in [1.82, 2.24) is 0 Å². The molecule has 2 atom stereocenters. The van der Waals surface area contributed by atoms with Gasteiger partial charge in [0, 0.05) is 27.2 Å². The second-order valence-corrected chi connectivity index (χ2v) is 6.39. The Balaban J connectivity index is 2.05. The Morgan fingerprint density at radius 2 is 2.27 bits per heavy atom. The number of hydrogen-bond donors (Lipinski definition) is 0. The van der Waals surface area contributed by atoms with Crippen LogP contribution in [-0.2, 0) is 0 Å². The first-order valence-corrected chi connectivity index (χ1v) is 7.61. The quantitative estimate of drug-likeness (QED) is 0.465. The maximum Gasteiger partial charge on any atom is 0.0276 e. The SMILES string of the molecule is S=C1C2=C(SSC=C2)C2C=CC=CCC12. The molecule has 0 aromatic rings. The summed E-state index contributed by atoms with van der Waals surface area (Å²) >= 11 is 5.58. The van der Waals surface area contributed by atoms with Crippen LogP contribution in [0, 0.1) is 11.8 Å². The van der Waals surface area contributed by atoms with Crippen LogP contribution in [-0.4, -0.2) is 4.86 Å². The van der Waals surface area contributed by atoms with Crippen molar-refractivity contribution < 1.29 is 0 Å². The van der Waals surface area contributed by atoms with Crippen LogP contribution in [0.4, 0.5) is 0 Å².